The van der Waals surface area contributed by atoms with Crippen LogP contribution in [0.5, 0.6) is 0 Å². The average Bonchev–Trinajstić information content (AvgIpc) is 2.88. The van der Waals surface area contributed by atoms with Crippen LogP contribution in [-0.4, -0.2) is 29.1 Å². The van der Waals surface area contributed by atoms with Gasteiger partial charge in [-0.3, -0.25) is 4.90 Å². The molecule has 1 heterocycles. The maximum absolute atomic E-state index is 3.79. The molecule has 0 bridgehead atoms. The Morgan fingerprint density at radius 3 is 2.57 bits per heavy atom. The van der Waals surface area contributed by atoms with Gasteiger partial charge in [-0.05, 0) is 51.7 Å². The van der Waals surface area contributed by atoms with Crippen molar-refractivity contribution in [2.75, 3.05) is 13.1 Å². The van der Waals surface area contributed by atoms with Crippen molar-refractivity contribution in [2.45, 2.75) is 71.0 Å². The third kappa shape index (κ3) is 3.02. The van der Waals surface area contributed by atoms with Crippen LogP contribution in [0.1, 0.15) is 56.2 Å². The van der Waals surface area contributed by atoms with Crippen molar-refractivity contribution in [3.05, 3.63) is 34.9 Å². The van der Waals surface area contributed by atoms with Gasteiger partial charge in [-0.2, -0.15) is 0 Å². The van der Waals surface area contributed by atoms with E-state index in [1.165, 1.54) is 42.4 Å². The van der Waals surface area contributed by atoms with E-state index in [-0.39, 0.29) is 5.54 Å². The minimum absolute atomic E-state index is 0.228. The maximum Gasteiger partial charge on any atom is 0.0338 e. The molecule has 0 amide bonds. The fourth-order valence-electron chi connectivity index (χ4n) is 4.14. The van der Waals surface area contributed by atoms with Crippen molar-refractivity contribution >= 4 is 0 Å². The Kier molecular flexibility index (Phi) is 3.87. The highest BCUT2D eigenvalue weighted by Gasteiger charge is 2.45. The highest BCUT2D eigenvalue weighted by molar-refractivity contribution is 5.30. The first-order chi connectivity index (χ1) is 9.90. The Morgan fingerprint density at radius 2 is 1.86 bits per heavy atom. The number of nitrogens with one attached hydrogen (secondary N) is 1. The molecular formula is C19H30N2. The van der Waals surface area contributed by atoms with E-state index in [2.05, 4.69) is 56.1 Å². The van der Waals surface area contributed by atoms with E-state index in [1.807, 2.05) is 0 Å². The second-order valence-corrected chi connectivity index (χ2v) is 7.95. The van der Waals surface area contributed by atoms with Crippen LogP contribution in [0.2, 0.25) is 0 Å². The molecule has 2 nitrogen and oxygen atoms in total. The number of rotatable bonds is 2. The molecule has 2 aliphatic rings. The summed E-state index contributed by atoms with van der Waals surface area (Å²) in [6.07, 6.45) is 5.51. The van der Waals surface area contributed by atoms with Gasteiger partial charge >= 0.3 is 0 Å². The minimum Gasteiger partial charge on any atom is -0.309 e. The number of piperazine rings is 1. The smallest absolute Gasteiger partial charge is 0.0338 e. The number of hydrogen-bond donors (Lipinski definition) is 1. The number of nitrogens with zero attached hydrogens (tertiary/aromatic N) is 1. The number of aryl methyl sites for hydroxylation is 2. The number of benzene rings is 1. The zero-order chi connectivity index (χ0) is 15.1. The fourth-order valence-corrected chi connectivity index (χ4v) is 4.14. The van der Waals surface area contributed by atoms with Gasteiger partial charge in [0.05, 0.1) is 0 Å². The molecule has 0 radical (unpaired) electrons. The standard InChI is InChI=1S/C19H30N2/c1-15-7-8-16(2)17(11-15)12-21-14-18(3,4)20-13-19(21)9-5-6-10-19/h7-8,11,20H,5-6,9-10,12-14H2,1-4H3. The van der Waals surface area contributed by atoms with Crippen LogP contribution in [0, 0.1) is 13.8 Å². The first-order valence-corrected chi connectivity index (χ1v) is 8.47. The summed E-state index contributed by atoms with van der Waals surface area (Å²) in [4.78, 5) is 2.79. The predicted molar refractivity (Wildman–Crippen MR) is 89.6 cm³/mol. The normalized spacial score (nSPS) is 24.6. The van der Waals surface area contributed by atoms with Crippen molar-refractivity contribution in [3.8, 4) is 0 Å². The van der Waals surface area contributed by atoms with Crippen LogP contribution >= 0.6 is 0 Å². The average molecular weight is 286 g/mol. The monoisotopic (exact) mass is 286 g/mol. The molecule has 2 fully saturated rings. The molecule has 1 aliphatic carbocycles. The van der Waals surface area contributed by atoms with Crippen molar-refractivity contribution in [1.82, 2.24) is 10.2 Å². The van der Waals surface area contributed by atoms with E-state index in [1.54, 1.807) is 0 Å². The lowest BCUT2D eigenvalue weighted by Gasteiger charge is -2.51. The lowest BCUT2D eigenvalue weighted by molar-refractivity contribution is 0.0120. The molecule has 0 aromatic heterocycles. The van der Waals surface area contributed by atoms with Gasteiger partial charge in [0.25, 0.3) is 0 Å². The van der Waals surface area contributed by atoms with Crippen LogP contribution in [0.3, 0.4) is 0 Å². The second-order valence-electron chi connectivity index (χ2n) is 7.95. The Balaban J connectivity index is 1.87. The van der Waals surface area contributed by atoms with E-state index in [4.69, 9.17) is 0 Å². The first kappa shape index (κ1) is 15.1. The van der Waals surface area contributed by atoms with Gasteiger partial charge < -0.3 is 5.32 Å². The maximum atomic E-state index is 3.79. The van der Waals surface area contributed by atoms with E-state index < -0.39 is 0 Å². The van der Waals surface area contributed by atoms with E-state index in [9.17, 15) is 0 Å². The molecule has 116 valence electrons. The molecule has 1 N–H and O–H groups in total. The highest BCUT2D eigenvalue weighted by atomic mass is 15.3. The summed E-state index contributed by atoms with van der Waals surface area (Å²) in [5.41, 5.74) is 4.96. The molecule has 1 spiro atoms. The van der Waals surface area contributed by atoms with Gasteiger partial charge in [0.1, 0.15) is 0 Å². The summed E-state index contributed by atoms with van der Waals surface area (Å²) >= 11 is 0. The number of hydrogen-bond acceptors (Lipinski definition) is 2. The van der Waals surface area contributed by atoms with Gasteiger partial charge in [0.15, 0.2) is 0 Å². The Bertz CT molecular complexity index is 512. The van der Waals surface area contributed by atoms with Gasteiger partial charge in [-0.1, -0.05) is 36.6 Å². The summed E-state index contributed by atoms with van der Waals surface area (Å²) in [5, 5.41) is 3.79. The van der Waals surface area contributed by atoms with Gasteiger partial charge in [-0.15, -0.1) is 0 Å². The zero-order valence-electron chi connectivity index (χ0n) is 14.1. The summed E-state index contributed by atoms with van der Waals surface area (Å²) in [6, 6.07) is 6.89. The van der Waals surface area contributed by atoms with Crippen molar-refractivity contribution in [2.24, 2.45) is 0 Å². The van der Waals surface area contributed by atoms with Crippen LogP contribution in [0.4, 0.5) is 0 Å². The van der Waals surface area contributed by atoms with Gasteiger partial charge in [0.2, 0.25) is 0 Å². The minimum atomic E-state index is 0.228. The lowest BCUT2D eigenvalue weighted by atomic mass is 9.86. The quantitative estimate of drug-likeness (QED) is 0.889. The van der Waals surface area contributed by atoms with Crippen LogP contribution < -0.4 is 5.32 Å². The summed E-state index contributed by atoms with van der Waals surface area (Å²) in [7, 11) is 0. The van der Waals surface area contributed by atoms with Crippen molar-refractivity contribution in [1.29, 1.82) is 0 Å². The highest BCUT2D eigenvalue weighted by Crippen LogP contribution is 2.39. The largest absolute Gasteiger partial charge is 0.309 e. The summed E-state index contributed by atoms with van der Waals surface area (Å²) < 4.78 is 0. The third-order valence-corrected chi connectivity index (χ3v) is 5.55. The topological polar surface area (TPSA) is 15.3 Å². The molecule has 3 rings (SSSR count). The van der Waals surface area contributed by atoms with Crippen molar-refractivity contribution < 1.29 is 0 Å². The van der Waals surface area contributed by atoms with E-state index in [0.717, 1.165) is 19.6 Å². The first-order valence-electron chi connectivity index (χ1n) is 8.47. The summed E-state index contributed by atoms with van der Waals surface area (Å²) in [5.74, 6) is 0. The van der Waals surface area contributed by atoms with Crippen LogP contribution in [0.25, 0.3) is 0 Å². The molecule has 1 aromatic carbocycles. The van der Waals surface area contributed by atoms with Gasteiger partial charge in [-0.25, -0.2) is 0 Å². The Morgan fingerprint density at radius 1 is 1.14 bits per heavy atom. The SMILES string of the molecule is Cc1ccc(C)c(CN2CC(C)(C)NCC23CCCC3)c1. The van der Waals surface area contributed by atoms with E-state index in [0.29, 0.717) is 5.54 Å². The lowest BCUT2D eigenvalue weighted by Crippen LogP contribution is -2.67. The van der Waals surface area contributed by atoms with E-state index >= 15 is 0 Å². The summed E-state index contributed by atoms with van der Waals surface area (Å²) in [6.45, 7) is 12.6. The molecule has 0 unspecified atom stereocenters. The predicted octanol–water partition coefficient (Wildman–Crippen LogP) is 3.80. The molecule has 1 saturated heterocycles. The fraction of sp³-hybridized carbons (Fsp3) is 0.684. The Hall–Kier alpha value is -0.860. The molecular weight excluding hydrogens is 256 g/mol. The van der Waals surface area contributed by atoms with Crippen LogP contribution in [-0.2, 0) is 6.54 Å². The van der Waals surface area contributed by atoms with Gasteiger partial charge in [0, 0.05) is 30.7 Å². The molecule has 1 aliphatic heterocycles. The third-order valence-electron chi connectivity index (χ3n) is 5.55. The van der Waals surface area contributed by atoms with Crippen molar-refractivity contribution in [3.63, 3.8) is 0 Å². The molecule has 2 heteroatoms. The molecule has 0 atom stereocenters. The van der Waals surface area contributed by atoms with Crippen LogP contribution in [0.15, 0.2) is 18.2 Å². The molecule has 1 saturated carbocycles. The Labute approximate surface area is 129 Å². The molecule has 1 aromatic rings. The second kappa shape index (κ2) is 5.40. The molecule has 21 heavy (non-hydrogen) atoms. The zero-order valence-corrected chi connectivity index (χ0v) is 14.1.